The molecule has 4 aromatic rings. The third-order valence-corrected chi connectivity index (χ3v) is 8.41. The maximum atomic E-state index is 14.3. The van der Waals surface area contributed by atoms with E-state index in [1.165, 1.54) is 28.0 Å². The molecule has 3 aromatic carbocycles. The van der Waals surface area contributed by atoms with Crippen LogP contribution < -0.4 is 10.6 Å². The number of ether oxygens (including phenoxy) is 1. The number of anilines is 1. The molecular weight excluding hydrogens is 647 g/mol. The van der Waals surface area contributed by atoms with Crippen molar-refractivity contribution in [2.45, 2.75) is 31.7 Å². The van der Waals surface area contributed by atoms with E-state index >= 15 is 0 Å². The van der Waals surface area contributed by atoms with Gasteiger partial charge in [-0.1, -0.05) is 60.7 Å². The van der Waals surface area contributed by atoms with E-state index in [4.69, 9.17) is 10.5 Å². The predicted molar refractivity (Wildman–Crippen MR) is 184 cm³/mol. The molecule has 0 radical (unpaired) electrons. The lowest BCUT2D eigenvalue weighted by Gasteiger charge is -2.34. The molecule has 5 rings (SSSR count). The van der Waals surface area contributed by atoms with E-state index < -0.39 is 29.7 Å². The van der Waals surface area contributed by atoms with Gasteiger partial charge >= 0.3 is 6.18 Å². The zero-order chi connectivity index (χ0) is 35.7. The van der Waals surface area contributed by atoms with Gasteiger partial charge in [0.2, 0.25) is 17.7 Å². The highest BCUT2D eigenvalue weighted by atomic mass is 19.4. The summed E-state index contributed by atoms with van der Waals surface area (Å²) in [6.45, 7) is 3.08. The first kappa shape index (κ1) is 35.8. The number of rotatable bonds is 12. The molecule has 260 valence electrons. The average molecular weight is 686 g/mol. The number of nitrogens with two attached hydrogens (primary N) is 1. The van der Waals surface area contributed by atoms with Gasteiger partial charge in [-0.25, -0.2) is 0 Å². The quantitative estimate of drug-likeness (QED) is 0.202. The van der Waals surface area contributed by atoms with Gasteiger partial charge in [0.15, 0.2) is 0 Å². The summed E-state index contributed by atoms with van der Waals surface area (Å²) in [4.78, 5) is 48.7. The largest absolute Gasteiger partial charge is 0.433 e. The van der Waals surface area contributed by atoms with Crippen molar-refractivity contribution < 1.29 is 32.3 Å². The molecule has 1 aliphatic rings. The number of pyridine rings is 1. The molecule has 1 unspecified atom stereocenters. The summed E-state index contributed by atoms with van der Waals surface area (Å²) in [5.41, 5.74) is 8.38. The predicted octanol–water partition coefficient (Wildman–Crippen LogP) is 5.35. The summed E-state index contributed by atoms with van der Waals surface area (Å²) in [6, 6.07) is 24.9. The molecule has 50 heavy (non-hydrogen) atoms. The van der Waals surface area contributed by atoms with Gasteiger partial charge in [0.1, 0.15) is 11.7 Å². The molecule has 3 amide bonds. The number of carbonyl (C=O) groups excluding carboxylic acids is 3. The number of alkyl halides is 3. The van der Waals surface area contributed by atoms with Crippen LogP contribution in [0.5, 0.6) is 0 Å². The normalized spacial score (nSPS) is 14.0. The van der Waals surface area contributed by atoms with E-state index in [0.717, 1.165) is 47.7 Å². The SMILES string of the molecule is CN(Cc1ccc(C(N)=O)cc1)C(=O)C(Cc1ccccc1)N(Cc1ccc(N2CCOCC2)cc1)C(=O)C=Cc1ccc(C(F)(F)F)nc1. The van der Waals surface area contributed by atoms with Crippen LogP contribution in [0.15, 0.2) is 103 Å². The van der Waals surface area contributed by atoms with Gasteiger partial charge in [0.25, 0.3) is 0 Å². The van der Waals surface area contributed by atoms with Crippen molar-refractivity contribution in [2.24, 2.45) is 5.73 Å². The first-order valence-electron chi connectivity index (χ1n) is 16.1. The lowest BCUT2D eigenvalue weighted by Crippen LogP contribution is -2.50. The highest BCUT2D eigenvalue weighted by Crippen LogP contribution is 2.27. The number of morpholine rings is 1. The number of likely N-dealkylation sites (N-methyl/N-ethyl adjacent to an activating group) is 1. The van der Waals surface area contributed by atoms with Crippen LogP contribution in [0.25, 0.3) is 6.08 Å². The first-order chi connectivity index (χ1) is 24.0. The third-order valence-electron chi connectivity index (χ3n) is 8.41. The number of primary amides is 1. The van der Waals surface area contributed by atoms with Crippen molar-refractivity contribution in [2.75, 3.05) is 38.3 Å². The Morgan fingerprint density at radius 1 is 0.880 bits per heavy atom. The van der Waals surface area contributed by atoms with E-state index in [-0.39, 0.29) is 25.4 Å². The fraction of sp³-hybridized carbons (Fsp3) is 0.263. The van der Waals surface area contributed by atoms with Crippen LogP contribution in [0.4, 0.5) is 18.9 Å². The number of carbonyl (C=O) groups is 3. The zero-order valence-electron chi connectivity index (χ0n) is 27.6. The molecule has 2 N–H and O–H groups in total. The first-order valence-corrected chi connectivity index (χ1v) is 16.1. The minimum atomic E-state index is -4.59. The van der Waals surface area contributed by atoms with Crippen LogP contribution >= 0.6 is 0 Å². The summed E-state index contributed by atoms with van der Waals surface area (Å²) in [5.74, 6) is -1.39. The van der Waals surface area contributed by atoms with Gasteiger partial charge in [-0.15, -0.1) is 0 Å². The van der Waals surface area contributed by atoms with Crippen molar-refractivity contribution in [3.63, 3.8) is 0 Å². The van der Waals surface area contributed by atoms with Crippen LogP contribution in [-0.2, 0) is 40.0 Å². The Bertz CT molecular complexity index is 1770. The molecule has 0 bridgehead atoms. The van der Waals surface area contributed by atoms with E-state index in [0.29, 0.717) is 24.3 Å². The molecule has 1 aromatic heterocycles. The number of halogens is 3. The molecular formula is C38H38F3N5O4. The Morgan fingerprint density at radius 2 is 1.52 bits per heavy atom. The molecule has 12 heteroatoms. The summed E-state index contributed by atoms with van der Waals surface area (Å²) < 4.78 is 44.7. The fourth-order valence-electron chi connectivity index (χ4n) is 5.66. The van der Waals surface area contributed by atoms with Crippen molar-refractivity contribution in [3.8, 4) is 0 Å². The summed E-state index contributed by atoms with van der Waals surface area (Å²) in [6.07, 6.45) is -0.700. The van der Waals surface area contributed by atoms with Gasteiger partial charge < -0.3 is 25.2 Å². The van der Waals surface area contributed by atoms with Crippen LogP contribution in [0.3, 0.4) is 0 Å². The highest BCUT2D eigenvalue weighted by Gasteiger charge is 2.33. The minimum Gasteiger partial charge on any atom is -0.378 e. The van der Waals surface area contributed by atoms with Gasteiger partial charge in [-0.05, 0) is 58.7 Å². The second kappa shape index (κ2) is 16.3. The van der Waals surface area contributed by atoms with E-state index in [2.05, 4.69) is 9.88 Å². The highest BCUT2D eigenvalue weighted by molar-refractivity contribution is 5.96. The Labute approximate surface area is 288 Å². The lowest BCUT2D eigenvalue weighted by molar-refractivity contribution is -0.143. The summed E-state index contributed by atoms with van der Waals surface area (Å²) in [7, 11) is 1.64. The Kier molecular flexibility index (Phi) is 11.7. The molecule has 1 aliphatic heterocycles. The zero-order valence-corrected chi connectivity index (χ0v) is 27.6. The topological polar surface area (TPSA) is 109 Å². The summed E-state index contributed by atoms with van der Waals surface area (Å²) >= 11 is 0. The number of benzene rings is 3. The van der Waals surface area contributed by atoms with Gasteiger partial charge in [0, 0.05) is 63.2 Å². The van der Waals surface area contributed by atoms with E-state index in [9.17, 15) is 27.6 Å². The van der Waals surface area contributed by atoms with Crippen molar-refractivity contribution in [3.05, 3.63) is 137 Å². The van der Waals surface area contributed by atoms with Gasteiger partial charge in [-0.2, -0.15) is 13.2 Å². The molecule has 1 fully saturated rings. The molecule has 1 saturated heterocycles. The van der Waals surface area contributed by atoms with Crippen LogP contribution in [-0.4, -0.2) is 71.9 Å². The molecule has 0 saturated carbocycles. The maximum Gasteiger partial charge on any atom is 0.433 e. The minimum absolute atomic E-state index is 0.0855. The second-order valence-corrected chi connectivity index (χ2v) is 12.0. The molecule has 0 spiro atoms. The van der Waals surface area contributed by atoms with Crippen LogP contribution in [0.1, 0.15) is 38.3 Å². The second-order valence-electron chi connectivity index (χ2n) is 12.0. The number of nitrogens with zero attached hydrogens (tertiary/aromatic N) is 4. The number of hydrogen-bond donors (Lipinski definition) is 1. The van der Waals surface area contributed by atoms with E-state index in [1.54, 1.807) is 31.3 Å². The Morgan fingerprint density at radius 3 is 2.12 bits per heavy atom. The van der Waals surface area contributed by atoms with Crippen LogP contribution in [0.2, 0.25) is 0 Å². The van der Waals surface area contributed by atoms with E-state index in [1.807, 2.05) is 54.6 Å². The van der Waals surface area contributed by atoms with Gasteiger partial charge in [0.05, 0.1) is 13.2 Å². The lowest BCUT2D eigenvalue weighted by atomic mass is 10.0. The van der Waals surface area contributed by atoms with Crippen molar-refractivity contribution in [1.82, 2.24) is 14.8 Å². The monoisotopic (exact) mass is 685 g/mol. The Hall–Kier alpha value is -5.49. The molecule has 2 heterocycles. The summed E-state index contributed by atoms with van der Waals surface area (Å²) in [5, 5.41) is 0. The van der Waals surface area contributed by atoms with Crippen LogP contribution in [0, 0.1) is 0 Å². The third kappa shape index (κ3) is 9.56. The van der Waals surface area contributed by atoms with Crippen molar-refractivity contribution in [1.29, 1.82) is 0 Å². The molecule has 1 atom stereocenters. The molecule has 0 aliphatic carbocycles. The average Bonchev–Trinajstić information content (AvgIpc) is 3.13. The smallest absolute Gasteiger partial charge is 0.378 e. The molecule has 9 nitrogen and oxygen atoms in total. The number of aromatic nitrogens is 1. The maximum absolute atomic E-state index is 14.3. The Balaban J connectivity index is 1.46. The number of amides is 3. The number of hydrogen-bond acceptors (Lipinski definition) is 6. The standard InChI is InChI=1S/C38H38F3N5O4/c1-44(25-29-7-13-31(14-8-29)36(42)48)37(49)33(23-27-5-3-2-4-6-27)46(26-30-9-15-32(16-10-30)45-19-21-50-22-20-45)35(47)18-12-28-11-17-34(43-24-28)38(39,40)41/h2-18,24,33H,19-23,25-26H2,1H3,(H2,42,48). The fourth-order valence-corrected chi connectivity index (χ4v) is 5.66. The van der Waals surface area contributed by atoms with Crippen molar-refractivity contribution >= 4 is 29.5 Å². The van der Waals surface area contributed by atoms with Gasteiger partial charge in [-0.3, -0.25) is 19.4 Å².